The SMILES string of the molecule is CCn1c(SCC(=O)Nc2ncc(Cl)cc2Cl)nnc1-c1ccc(C(C)(C)C)cc1. The van der Waals surface area contributed by atoms with E-state index < -0.39 is 0 Å². The Labute approximate surface area is 190 Å². The molecule has 2 aromatic heterocycles. The Hall–Kier alpha value is -2.09. The van der Waals surface area contributed by atoms with Gasteiger partial charge in [0.2, 0.25) is 5.91 Å². The molecule has 0 atom stereocenters. The third kappa shape index (κ3) is 5.33. The summed E-state index contributed by atoms with van der Waals surface area (Å²) in [4.78, 5) is 16.3. The molecule has 0 radical (unpaired) electrons. The van der Waals surface area contributed by atoms with E-state index >= 15 is 0 Å². The number of benzene rings is 1. The minimum absolute atomic E-state index is 0.0904. The highest BCUT2D eigenvalue weighted by molar-refractivity contribution is 7.99. The number of thioether (sulfide) groups is 1. The fourth-order valence-corrected chi connectivity index (χ4v) is 4.05. The van der Waals surface area contributed by atoms with Crippen molar-refractivity contribution in [2.45, 2.75) is 44.8 Å². The maximum atomic E-state index is 12.3. The van der Waals surface area contributed by atoms with Crippen molar-refractivity contribution in [3.63, 3.8) is 0 Å². The Morgan fingerprint density at radius 3 is 2.47 bits per heavy atom. The molecule has 1 N–H and O–H groups in total. The zero-order valence-electron chi connectivity index (χ0n) is 17.2. The van der Waals surface area contributed by atoms with Crippen molar-refractivity contribution in [2.75, 3.05) is 11.1 Å². The quantitative estimate of drug-likeness (QED) is 0.474. The van der Waals surface area contributed by atoms with E-state index in [1.54, 1.807) is 0 Å². The van der Waals surface area contributed by atoms with Crippen LogP contribution >= 0.6 is 35.0 Å². The number of hydrogen-bond donors (Lipinski definition) is 1. The zero-order chi connectivity index (χ0) is 21.9. The van der Waals surface area contributed by atoms with Gasteiger partial charge in [-0.05, 0) is 24.0 Å². The van der Waals surface area contributed by atoms with Gasteiger partial charge in [0, 0.05) is 18.3 Å². The molecule has 1 amide bonds. The molecular weight excluding hydrogens is 441 g/mol. The number of nitrogens with one attached hydrogen (secondary N) is 1. The summed E-state index contributed by atoms with van der Waals surface area (Å²) in [6.07, 6.45) is 1.43. The van der Waals surface area contributed by atoms with Gasteiger partial charge in [-0.25, -0.2) is 4.98 Å². The molecule has 0 aliphatic heterocycles. The summed E-state index contributed by atoms with van der Waals surface area (Å²) in [5, 5.41) is 12.7. The Morgan fingerprint density at radius 1 is 1.17 bits per heavy atom. The molecule has 0 spiro atoms. The van der Waals surface area contributed by atoms with Crippen LogP contribution in [-0.4, -0.2) is 31.4 Å². The van der Waals surface area contributed by atoms with E-state index in [0.29, 0.717) is 21.7 Å². The molecule has 0 unspecified atom stereocenters. The van der Waals surface area contributed by atoms with Crippen LogP contribution in [-0.2, 0) is 16.8 Å². The highest BCUT2D eigenvalue weighted by Gasteiger charge is 2.17. The van der Waals surface area contributed by atoms with E-state index in [1.165, 1.54) is 29.6 Å². The highest BCUT2D eigenvalue weighted by Crippen LogP contribution is 2.28. The number of carbonyl (C=O) groups is 1. The molecule has 0 fully saturated rings. The van der Waals surface area contributed by atoms with Gasteiger partial charge in [-0.2, -0.15) is 0 Å². The second-order valence-electron chi connectivity index (χ2n) is 7.70. The molecule has 2 heterocycles. The number of carbonyl (C=O) groups excluding carboxylic acids is 1. The first kappa shape index (κ1) is 22.6. The third-order valence-corrected chi connectivity index (χ3v) is 5.90. The molecule has 0 aliphatic rings. The van der Waals surface area contributed by atoms with Crippen LogP contribution in [0.15, 0.2) is 41.7 Å². The highest BCUT2D eigenvalue weighted by atomic mass is 35.5. The molecule has 0 saturated heterocycles. The number of amides is 1. The standard InChI is InChI=1S/C21H23Cl2N5OS/c1-5-28-19(13-6-8-14(9-7-13)21(2,3)4)26-27-20(28)30-12-17(29)25-18-16(23)10-15(22)11-24-18/h6-11H,5,12H2,1-4H3,(H,24,25,29). The first-order valence-corrected chi connectivity index (χ1v) is 11.2. The van der Waals surface area contributed by atoms with Crippen molar-refractivity contribution < 1.29 is 4.79 Å². The second kappa shape index (κ2) is 9.37. The average molecular weight is 464 g/mol. The van der Waals surface area contributed by atoms with Gasteiger partial charge in [-0.1, -0.05) is 80.0 Å². The molecule has 0 bridgehead atoms. The largest absolute Gasteiger partial charge is 0.309 e. The Bertz CT molecular complexity index is 1040. The van der Waals surface area contributed by atoms with Gasteiger partial charge in [0.1, 0.15) is 0 Å². The van der Waals surface area contributed by atoms with Gasteiger partial charge in [-0.15, -0.1) is 10.2 Å². The van der Waals surface area contributed by atoms with Crippen LogP contribution in [0.2, 0.25) is 10.0 Å². The molecular formula is C21H23Cl2N5OS. The van der Waals surface area contributed by atoms with Crippen LogP contribution in [0, 0.1) is 0 Å². The van der Waals surface area contributed by atoms with Gasteiger partial charge >= 0.3 is 0 Å². The summed E-state index contributed by atoms with van der Waals surface area (Å²) in [6.45, 7) is 9.27. The Kier molecular flexibility index (Phi) is 7.06. The zero-order valence-corrected chi connectivity index (χ0v) is 19.6. The molecule has 158 valence electrons. The summed E-state index contributed by atoms with van der Waals surface area (Å²) in [6, 6.07) is 9.89. The number of pyridine rings is 1. The maximum absolute atomic E-state index is 12.3. The van der Waals surface area contributed by atoms with Crippen LogP contribution in [0.4, 0.5) is 5.82 Å². The monoisotopic (exact) mass is 463 g/mol. The van der Waals surface area contributed by atoms with Crippen molar-refractivity contribution in [2.24, 2.45) is 0 Å². The summed E-state index contributed by atoms with van der Waals surface area (Å²) >= 11 is 13.2. The van der Waals surface area contributed by atoms with Crippen molar-refractivity contribution >= 4 is 46.7 Å². The summed E-state index contributed by atoms with van der Waals surface area (Å²) in [7, 11) is 0. The fraction of sp³-hybridized carbons (Fsp3) is 0.333. The van der Waals surface area contributed by atoms with Crippen molar-refractivity contribution in [3.8, 4) is 11.4 Å². The predicted octanol–water partition coefficient (Wildman–Crippen LogP) is 5.70. The van der Waals surface area contributed by atoms with Crippen LogP contribution in [0.5, 0.6) is 0 Å². The Morgan fingerprint density at radius 2 is 1.87 bits per heavy atom. The molecule has 9 heteroatoms. The summed E-state index contributed by atoms with van der Waals surface area (Å²) < 4.78 is 2.00. The molecule has 30 heavy (non-hydrogen) atoms. The van der Waals surface area contributed by atoms with Crippen molar-refractivity contribution in [3.05, 3.63) is 52.1 Å². The first-order valence-electron chi connectivity index (χ1n) is 9.47. The van der Waals surface area contributed by atoms with E-state index in [4.69, 9.17) is 23.2 Å². The smallest absolute Gasteiger partial charge is 0.236 e. The number of hydrogen-bond acceptors (Lipinski definition) is 5. The van der Waals surface area contributed by atoms with Crippen LogP contribution in [0.3, 0.4) is 0 Å². The number of aromatic nitrogens is 4. The Balaban J connectivity index is 1.70. The fourth-order valence-electron chi connectivity index (χ4n) is 2.82. The lowest BCUT2D eigenvalue weighted by atomic mass is 9.87. The average Bonchev–Trinajstić information content (AvgIpc) is 3.11. The number of rotatable bonds is 6. The minimum Gasteiger partial charge on any atom is -0.309 e. The predicted molar refractivity (Wildman–Crippen MR) is 123 cm³/mol. The lowest BCUT2D eigenvalue weighted by Gasteiger charge is -2.19. The van der Waals surface area contributed by atoms with E-state index in [2.05, 4.69) is 65.5 Å². The van der Waals surface area contributed by atoms with Gasteiger partial charge in [-0.3, -0.25) is 4.79 Å². The van der Waals surface area contributed by atoms with Crippen molar-refractivity contribution in [1.82, 2.24) is 19.7 Å². The van der Waals surface area contributed by atoms with Crippen molar-refractivity contribution in [1.29, 1.82) is 0 Å². The summed E-state index contributed by atoms with van der Waals surface area (Å²) in [5.41, 5.74) is 2.34. The van der Waals surface area contributed by atoms with Crippen LogP contribution in [0.1, 0.15) is 33.3 Å². The minimum atomic E-state index is -0.238. The lowest BCUT2D eigenvalue weighted by Crippen LogP contribution is -2.16. The summed E-state index contributed by atoms with van der Waals surface area (Å²) in [5.74, 6) is 0.979. The molecule has 3 rings (SSSR count). The molecule has 0 saturated carbocycles. The number of nitrogens with zero attached hydrogens (tertiary/aromatic N) is 4. The van der Waals surface area contributed by atoms with E-state index in [9.17, 15) is 4.79 Å². The first-order chi connectivity index (χ1) is 14.2. The maximum Gasteiger partial charge on any atom is 0.236 e. The van der Waals surface area contributed by atoms with Gasteiger partial charge < -0.3 is 9.88 Å². The second-order valence-corrected chi connectivity index (χ2v) is 9.48. The van der Waals surface area contributed by atoms with E-state index in [0.717, 1.165) is 11.4 Å². The normalized spacial score (nSPS) is 11.5. The topological polar surface area (TPSA) is 72.7 Å². The molecule has 6 nitrogen and oxygen atoms in total. The molecule has 1 aromatic carbocycles. The lowest BCUT2D eigenvalue weighted by molar-refractivity contribution is -0.113. The van der Waals surface area contributed by atoms with Gasteiger partial charge in [0.15, 0.2) is 16.8 Å². The van der Waals surface area contributed by atoms with Crippen LogP contribution in [0.25, 0.3) is 11.4 Å². The number of anilines is 1. The van der Waals surface area contributed by atoms with Crippen LogP contribution < -0.4 is 5.32 Å². The van der Waals surface area contributed by atoms with E-state index in [1.807, 2.05) is 11.5 Å². The van der Waals surface area contributed by atoms with Gasteiger partial charge in [0.05, 0.1) is 15.8 Å². The van der Waals surface area contributed by atoms with E-state index in [-0.39, 0.29) is 22.9 Å². The number of halogens is 2. The third-order valence-electron chi connectivity index (χ3n) is 4.44. The molecule has 3 aromatic rings. The van der Waals surface area contributed by atoms with Gasteiger partial charge in [0.25, 0.3) is 0 Å². The molecule has 0 aliphatic carbocycles.